The van der Waals surface area contributed by atoms with E-state index in [0.717, 1.165) is 38.8 Å². The lowest BCUT2D eigenvalue weighted by Gasteiger charge is -2.51. The highest BCUT2D eigenvalue weighted by atomic mass is 16.6. The summed E-state index contributed by atoms with van der Waals surface area (Å²) in [5.41, 5.74) is 1.03. The molecule has 1 saturated heterocycles. The molecule has 29 heavy (non-hydrogen) atoms. The summed E-state index contributed by atoms with van der Waals surface area (Å²) in [6, 6.07) is 0. The predicted octanol–water partition coefficient (Wildman–Crippen LogP) is -1.91. The molecule has 0 spiro atoms. The van der Waals surface area contributed by atoms with Gasteiger partial charge in [0.05, 0.1) is 39.0 Å². The van der Waals surface area contributed by atoms with Crippen molar-refractivity contribution in [1.29, 1.82) is 0 Å². The number of aliphatic hydroxyl groups is 3. The summed E-state index contributed by atoms with van der Waals surface area (Å²) in [7, 11) is 0. The minimum absolute atomic E-state index is 0.118. The van der Waals surface area contributed by atoms with Gasteiger partial charge in [0.2, 0.25) is 0 Å². The summed E-state index contributed by atoms with van der Waals surface area (Å²) in [4.78, 5) is 13.8. The summed E-state index contributed by atoms with van der Waals surface area (Å²) in [5.74, 6) is -0.113. The van der Waals surface area contributed by atoms with Crippen molar-refractivity contribution < 1.29 is 35.1 Å². The molecule has 2 aliphatic carbocycles. The maximum atomic E-state index is 12.6. The number of hydrogen-bond acceptors (Lipinski definition) is 5. The lowest BCUT2D eigenvalue weighted by atomic mass is 9.55. The Morgan fingerprint density at radius 1 is 1.28 bits per heavy atom. The van der Waals surface area contributed by atoms with Crippen molar-refractivity contribution in [3.63, 3.8) is 0 Å². The fourth-order valence-electron chi connectivity index (χ4n) is 5.82. The van der Waals surface area contributed by atoms with Crippen LogP contribution in [0.2, 0.25) is 0 Å². The number of rotatable bonds is 10. The first kappa shape index (κ1) is 22.7. The summed E-state index contributed by atoms with van der Waals surface area (Å²) >= 11 is 0. The Kier molecular flexibility index (Phi) is 7.73. The van der Waals surface area contributed by atoms with Crippen LogP contribution in [0.15, 0.2) is 11.6 Å². The van der Waals surface area contributed by atoms with Crippen LogP contribution in [0, 0.1) is 23.2 Å². The normalized spacial score (nSPS) is 36.6. The molecule has 1 saturated carbocycles. The van der Waals surface area contributed by atoms with Crippen molar-refractivity contribution >= 4 is 5.97 Å². The molecular weight excluding hydrogens is 372 g/mol. The maximum absolute atomic E-state index is 12.6. The van der Waals surface area contributed by atoms with Gasteiger partial charge in [-0.3, -0.25) is 4.79 Å². The molecule has 6 atom stereocenters. The number of quaternary nitrogens is 2. The van der Waals surface area contributed by atoms with Crippen molar-refractivity contribution in [2.45, 2.75) is 51.7 Å². The van der Waals surface area contributed by atoms with Crippen LogP contribution < -0.4 is 10.2 Å². The minimum atomic E-state index is -0.540. The van der Waals surface area contributed by atoms with Gasteiger partial charge in [-0.1, -0.05) is 25.5 Å². The number of aliphatic hydroxyl groups excluding tert-OH is 3. The molecule has 0 aromatic rings. The van der Waals surface area contributed by atoms with Crippen LogP contribution in [0.25, 0.3) is 0 Å². The lowest BCUT2D eigenvalue weighted by molar-refractivity contribution is -0.902. The Labute approximate surface area is 174 Å². The number of carbonyl (C=O) groups excluding carboxylic acids is 1. The molecule has 0 amide bonds. The van der Waals surface area contributed by atoms with E-state index in [1.54, 1.807) is 0 Å². The summed E-state index contributed by atoms with van der Waals surface area (Å²) in [6.07, 6.45) is 5.39. The largest absolute Gasteiger partial charge is 0.461 e. The molecule has 0 aromatic carbocycles. The maximum Gasteiger partial charge on any atom is 0.315 e. The molecule has 1 aliphatic heterocycles. The molecule has 1 heterocycles. The first-order chi connectivity index (χ1) is 13.9. The molecule has 7 heteroatoms. The predicted molar refractivity (Wildman–Crippen MR) is 108 cm³/mol. The third-order valence-electron chi connectivity index (χ3n) is 7.86. The molecular formula is C22H40N2O5+2. The van der Waals surface area contributed by atoms with Crippen molar-refractivity contribution in [3.8, 4) is 0 Å². The van der Waals surface area contributed by atoms with E-state index in [2.05, 4.69) is 25.2 Å². The van der Waals surface area contributed by atoms with Crippen LogP contribution in [-0.2, 0) is 9.53 Å². The molecule has 0 bridgehead atoms. The van der Waals surface area contributed by atoms with Crippen molar-refractivity contribution in [1.82, 2.24) is 0 Å². The third kappa shape index (κ3) is 4.54. The van der Waals surface area contributed by atoms with E-state index in [4.69, 9.17) is 14.9 Å². The molecule has 3 rings (SSSR count). The van der Waals surface area contributed by atoms with Crippen LogP contribution in [-0.4, -0.2) is 79.4 Å². The van der Waals surface area contributed by atoms with Crippen LogP contribution >= 0.6 is 0 Å². The number of carbonyl (C=O) groups is 1. The number of fused-ring (bicyclic) bond motifs is 2. The van der Waals surface area contributed by atoms with Crippen LogP contribution in [0.3, 0.4) is 0 Å². The monoisotopic (exact) mass is 412 g/mol. The van der Waals surface area contributed by atoms with Gasteiger partial charge in [0.15, 0.2) is 0 Å². The van der Waals surface area contributed by atoms with Gasteiger partial charge in [-0.15, -0.1) is 0 Å². The highest BCUT2D eigenvalue weighted by Gasteiger charge is 2.60. The molecule has 0 radical (unpaired) electrons. The Balaban J connectivity index is 1.55. The Morgan fingerprint density at radius 3 is 2.69 bits per heavy atom. The molecule has 166 valence electrons. The lowest BCUT2D eigenvalue weighted by Crippen LogP contribution is -3.13. The molecule has 6 N–H and O–H groups in total. The van der Waals surface area contributed by atoms with Crippen molar-refractivity contribution in [2.24, 2.45) is 23.2 Å². The zero-order chi connectivity index (χ0) is 21.0. The summed E-state index contributed by atoms with van der Waals surface area (Å²) in [6.45, 7) is 8.38. The Hall–Kier alpha value is -0.990. The van der Waals surface area contributed by atoms with Gasteiger partial charge in [0.1, 0.15) is 25.1 Å². The van der Waals surface area contributed by atoms with Crippen molar-refractivity contribution in [3.05, 3.63) is 11.6 Å². The number of allylic oxidation sites excluding steroid dienone is 1. The highest BCUT2D eigenvalue weighted by Crippen LogP contribution is 2.55. The fraction of sp³-hybridized carbons (Fsp3) is 0.864. The molecule has 2 fully saturated rings. The topological polar surface area (TPSA) is 108 Å². The SMILES string of the molecule is C[C@@H]1CCC=C2C[C@H]3OC(=O)[C@@H](C[NH2+]CCC[NH+](CCO)CCO)[C@H]3[C@H](O)[C@@]21C. The van der Waals surface area contributed by atoms with E-state index in [1.165, 1.54) is 10.5 Å². The number of esters is 1. The minimum Gasteiger partial charge on any atom is -0.461 e. The quantitative estimate of drug-likeness (QED) is 0.164. The zero-order valence-corrected chi connectivity index (χ0v) is 18.0. The van der Waals surface area contributed by atoms with Gasteiger partial charge in [0, 0.05) is 24.2 Å². The number of nitrogens with one attached hydrogen (secondary N) is 1. The highest BCUT2D eigenvalue weighted by molar-refractivity contribution is 5.76. The number of nitrogens with two attached hydrogens (primary N) is 1. The molecule has 3 aliphatic rings. The van der Waals surface area contributed by atoms with E-state index >= 15 is 0 Å². The van der Waals surface area contributed by atoms with Gasteiger partial charge in [-0.2, -0.15) is 0 Å². The molecule has 0 unspecified atom stereocenters. The van der Waals surface area contributed by atoms with Gasteiger partial charge in [-0.25, -0.2) is 0 Å². The summed E-state index contributed by atoms with van der Waals surface area (Å²) < 4.78 is 5.72. The smallest absolute Gasteiger partial charge is 0.315 e. The third-order valence-corrected chi connectivity index (χ3v) is 7.86. The standard InChI is InChI=1S/C22H38N2O5/c1-15-5-3-6-16-13-18-19(20(27)22(15,16)2)17(21(28)29-18)14-23-7-4-8-24(9-11-25)10-12-26/h6,15,17-20,23,25-27H,3-5,7-14H2,1-2H3/p+2/t15-,17+,18-,19-,20+,22-/m1/s1. The van der Waals surface area contributed by atoms with Gasteiger partial charge < -0.3 is 30.3 Å². The second-order valence-corrected chi connectivity index (χ2v) is 9.41. The van der Waals surface area contributed by atoms with E-state index < -0.39 is 6.10 Å². The Morgan fingerprint density at radius 2 is 2.00 bits per heavy atom. The van der Waals surface area contributed by atoms with Crippen LogP contribution in [0.4, 0.5) is 0 Å². The second kappa shape index (κ2) is 9.88. The van der Waals surface area contributed by atoms with Gasteiger partial charge in [0.25, 0.3) is 0 Å². The second-order valence-electron chi connectivity index (χ2n) is 9.41. The first-order valence-corrected chi connectivity index (χ1v) is 11.4. The summed E-state index contributed by atoms with van der Waals surface area (Å²) in [5, 5.41) is 31.7. The zero-order valence-electron chi connectivity index (χ0n) is 18.0. The number of hydrogen-bond donors (Lipinski definition) is 5. The average molecular weight is 413 g/mol. The molecule has 7 nitrogen and oxygen atoms in total. The Bertz CT molecular complexity index is 592. The average Bonchev–Trinajstić information content (AvgIpc) is 3.00. The van der Waals surface area contributed by atoms with E-state index in [0.29, 0.717) is 25.6 Å². The van der Waals surface area contributed by atoms with E-state index in [-0.39, 0.29) is 42.5 Å². The van der Waals surface area contributed by atoms with Gasteiger partial charge in [-0.05, 0) is 18.8 Å². The first-order valence-electron chi connectivity index (χ1n) is 11.4. The molecule has 0 aromatic heterocycles. The fourth-order valence-corrected chi connectivity index (χ4v) is 5.82. The van der Waals surface area contributed by atoms with Crippen LogP contribution in [0.5, 0.6) is 0 Å². The van der Waals surface area contributed by atoms with Crippen molar-refractivity contribution in [2.75, 3.05) is 45.9 Å². The van der Waals surface area contributed by atoms with Crippen LogP contribution in [0.1, 0.15) is 39.5 Å². The van der Waals surface area contributed by atoms with Gasteiger partial charge >= 0.3 is 5.97 Å². The number of ether oxygens (including phenoxy) is 1. The van der Waals surface area contributed by atoms with E-state index in [9.17, 15) is 9.90 Å². The van der Waals surface area contributed by atoms with E-state index in [1.807, 2.05) is 0 Å².